The fourth-order valence-corrected chi connectivity index (χ4v) is 1.76. The monoisotopic (exact) mass is 249 g/mol. The van der Waals surface area contributed by atoms with E-state index in [1.165, 1.54) is 0 Å². The van der Waals surface area contributed by atoms with Crippen LogP contribution in [0, 0.1) is 0 Å². The molecule has 0 bridgehead atoms. The minimum atomic E-state index is -0.378. The first kappa shape index (κ1) is 12.2. The van der Waals surface area contributed by atoms with Crippen LogP contribution in [0.1, 0.15) is 25.2 Å². The minimum absolute atomic E-state index is 0.0995. The molecule has 0 spiro atoms. The number of hydrogen-bond acceptors (Lipinski definition) is 3. The number of carbonyl (C=O) groups excluding carboxylic acids is 1. The van der Waals surface area contributed by atoms with Crippen LogP contribution in [0.5, 0.6) is 0 Å². The molecule has 2 aromatic rings. The van der Waals surface area contributed by atoms with Gasteiger partial charge in [0.15, 0.2) is 0 Å². The van der Waals surface area contributed by atoms with Crippen LogP contribution in [0.15, 0.2) is 29.3 Å². The van der Waals surface area contributed by atoms with Gasteiger partial charge in [0.25, 0.3) is 0 Å². The minimum Gasteiger partial charge on any atom is -0.347 e. The first-order chi connectivity index (χ1) is 8.70. The predicted molar refractivity (Wildman–Crippen MR) is 64.8 cm³/mol. The first-order valence-corrected chi connectivity index (χ1v) is 5.74. The molecule has 3 N–H and O–H groups in total. The predicted octanol–water partition coefficient (Wildman–Crippen LogP) is 0.167. The number of H-pyrrole nitrogens is 2. The standard InChI is InChI=1S/C11H15N5O2/c1-2-8(16-5-3-4-6-16)10(17)12-7-9-13-11(18)15-14-9/h3-6,8H,2,7H2,1H3,(H,12,17)(H2,13,14,15,18)/t8-/m0/s1. The van der Waals surface area contributed by atoms with E-state index in [0.29, 0.717) is 12.2 Å². The molecule has 1 atom stereocenters. The molecule has 0 saturated carbocycles. The summed E-state index contributed by atoms with van der Waals surface area (Å²) in [5, 5.41) is 8.71. The highest BCUT2D eigenvalue weighted by Crippen LogP contribution is 2.11. The lowest BCUT2D eigenvalue weighted by molar-refractivity contribution is -0.124. The molecule has 0 aliphatic carbocycles. The summed E-state index contributed by atoms with van der Waals surface area (Å²) in [4.78, 5) is 25.3. The molecule has 7 nitrogen and oxygen atoms in total. The average molecular weight is 249 g/mol. The van der Waals surface area contributed by atoms with E-state index < -0.39 is 0 Å². The molecule has 1 amide bonds. The molecule has 0 saturated heterocycles. The third kappa shape index (κ3) is 2.68. The van der Waals surface area contributed by atoms with Gasteiger partial charge in [-0.3, -0.25) is 9.78 Å². The van der Waals surface area contributed by atoms with Crippen LogP contribution in [0.2, 0.25) is 0 Å². The van der Waals surface area contributed by atoms with Gasteiger partial charge in [-0.2, -0.15) is 5.10 Å². The maximum absolute atomic E-state index is 12.0. The third-order valence-corrected chi connectivity index (χ3v) is 2.66. The van der Waals surface area contributed by atoms with Crippen molar-refractivity contribution < 1.29 is 4.79 Å². The zero-order chi connectivity index (χ0) is 13.0. The molecule has 96 valence electrons. The van der Waals surface area contributed by atoms with Crippen LogP contribution in [0.3, 0.4) is 0 Å². The SMILES string of the molecule is CC[C@@H](C(=O)NCc1n[nH]c(=O)[nH]1)n1cccc1. The van der Waals surface area contributed by atoms with Gasteiger partial charge in [0.05, 0.1) is 6.54 Å². The number of amides is 1. The third-order valence-electron chi connectivity index (χ3n) is 2.66. The van der Waals surface area contributed by atoms with Gasteiger partial charge < -0.3 is 9.88 Å². The van der Waals surface area contributed by atoms with Gasteiger partial charge >= 0.3 is 5.69 Å². The van der Waals surface area contributed by atoms with E-state index in [-0.39, 0.29) is 24.2 Å². The second kappa shape index (κ2) is 5.35. The summed E-state index contributed by atoms with van der Waals surface area (Å²) in [5.41, 5.74) is -0.378. The van der Waals surface area contributed by atoms with Gasteiger partial charge in [-0.15, -0.1) is 0 Å². The summed E-state index contributed by atoms with van der Waals surface area (Å²) in [6, 6.07) is 3.51. The lowest BCUT2D eigenvalue weighted by Crippen LogP contribution is -2.31. The van der Waals surface area contributed by atoms with E-state index >= 15 is 0 Å². The highest BCUT2D eigenvalue weighted by atomic mass is 16.2. The summed E-state index contributed by atoms with van der Waals surface area (Å²) >= 11 is 0. The van der Waals surface area contributed by atoms with Crippen molar-refractivity contribution in [1.29, 1.82) is 0 Å². The first-order valence-electron chi connectivity index (χ1n) is 5.74. The maximum atomic E-state index is 12.0. The van der Waals surface area contributed by atoms with Crippen molar-refractivity contribution in [3.63, 3.8) is 0 Å². The van der Waals surface area contributed by atoms with Crippen LogP contribution in [0.25, 0.3) is 0 Å². The highest BCUT2D eigenvalue weighted by Gasteiger charge is 2.17. The Kier molecular flexibility index (Phi) is 3.61. The van der Waals surface area contributed by atoms with Crippen molar-refractivity contribution in [2.24, 2.45) is 0 Å². The van der Waals surface area contributed by atoms with Crippen LogP contribution in [0.4, 0.5) is 0 Å². The van der Waals surface area contributed by atoms with Crippen molar-refractivity contribution in [3.8, 4) is 0 Å². The molecule has 0 aromatic carbocycles. The normalized spacial score (nSPS) is 12.3. The zero-order valence-electron chi connectivity index (χ0n) is 10.0. The van der Waals surface area contributed by atoms with Crippen LogP contribution in [-0.4, -0.2) is 25.7 Å². The molecule has 2 heterocycles. The maximum Gasteiger partial charge on any atom is 0.340 e. The number of aromatic nitrogens is 4. The molecular weight excluding hydrogens is 234 g/mol. The van der Waals surface area contributed by atoms with Crippen molar-refractivity contribution >= 4 is 5.91 Å². The summed E-state index contributed by atoms with van der Waals surface area (Å²) in [7, 11) is 0. The number of aromatic amines is 2. The van der Waals surface area contributed by atoms with Crippen LogP contribution < -0.4 is 11.0 Å². The van der Waals surface area contributed by atoms with E-state index in [9.17, 15) is 9.59 Å². The second-order valence-corrected chi connectivity index (χ2v) is 3.90. The zero-order valence-corrected chi connectivity index (χ0v) is 10.0. The molecule has 0 aliphatic rings. The van der Waals surface area contributed by atoms with Crippen molar-refractivity contribution in [2.45, 2.75) is 25.9 Å². The molecule has 0 unspecified atom stereocenters. The van der Waals surface area contributed by atoms with Gasteiger partial charge in [-0.1, -0.05) is 6.92 Å². The van der Waals surface area contributed by atoms with E-state index in [1.807, 2.05) is 36.0 Å². The van der Waals surface area contributed by atoms with Gasteiger partial charge in [-0.25, -0.2) is 9.89 Å². The Hall–Kier alpha value is -2.31. The van der Waals surface area contributed by atoms with Gasteiger partial charge in [0, 0.05) is 12.4 Å². The second-order valence-electron chi connectivity index (χ2n) is 3.90. The molecule has 0 radical (unpaired) electrons. The Morgan fingerprint density at radius 2 is 2.22 bits per heavy atom. The lowest BCUT2D eigenvalue weighted by Gasteiger charge is -2.16. The molecule has 0 aliphatic heterocycles. The Balaban J connectivity index is 1.96. The van der Waals surface area contributed by atoms with Crippen molar-refractivity contribution in [1.82, 2.24) is 25.1 Å². The van der Waals surface area contributed by atoms with E-state index in [2.05, 4.69) is 20.5 Å². The number of rotatable bonds is 5. The molecule has 2 aromatic heterocycles. The quantitative estimate of drug-likeness (QED) is 0.704. The lowest BCUT2D eigenvalue weighted by atomic mass is 10.2. The molecule has 0 fully saturated rings. The highest BCUT2D eigenvalue weighted by molar-refractivity contribution is 5.80. The number of hydrogen-bond donors (Lipinski definition) is 3. The fourth-order valence-electron chi connectivity index (χ4n) is 1.76. The summed E-state index contributed by atoms with van der Waals surface area (Å²) < 4.78 is 1.85. The summed E-state index contributed by atoms with van der Waals surface area (Å²) in [6.07, 6.45) is 4.39. The summed E-state index contributed by atoms with van der Waals surface area (Å²) in [6.45, 7) is 2.15. The topological polar surface area (TPSA) is 95.6 Å². The average Bonchev–Trinajstić information content (AvgIpc) is 2.99. The number of nitrogens with one attached hydrogen (secondary N) is 3. The Morgan fingerprint density at radius 1 is 1.50 bits per heavy atom. The molecular formula is C11H15N5O2. The van der Waals surface area contributed by atoms with E-state index in [4.69, 9.17) is 0 Å². The van der Waals surface area contributed by atoms with E-state index in [1.54, 1.807) is 0 Å². The van der Waals surface area contributed by atoms with Crippen molar-refractivity contribution in [2.75, 3.05) is 0 Å². The largest absolute Gasteiger partial charge is 0.347 e. The van der Waals surface area contributed by atoms with Gasteiger partial charge in [0.2, 0.25) is 5.91 Å². The van der Waals surface area contributed by atoms with Gasteiger partial charge in [0.1, 0.15) is 11.9 Å². The van der Waals surface area contributed by atoms with E-state index in [0.717, 1.165) is 0 Å². The smallest absolute Gasteiger partial charge is 0.340 e. The Bertz CT molecular complexity index is 554. The van der Waals surface area contributed by atoms with Crippen LogP contribution >= 0.6 is 0 Å². The molecule has 2 rings (SSSR count). The molecule has 7 heteroatoms. The number of carbonyl (C=O) groups is 1. The number of nitrogens with zero attached hydrogens (tertiary/aromatic N) is 2. The summed E-state index contributed by atoms with van der Waals surface area (Å²) in [5.74, 6) is 0.313. The fraction of sp³-hybridized carbons (Fsp3) is 0.364. The van der Waals surface area contributed by atoms with Crippen LogP contribution in [-0.2, 0) is 11.3 Å². The Morgan fingerprint density at radius 3 is 2.78 bits per heavy atom. The van der Waals surface area contributed by atoms with Crippen molar-refractivity contribution in [3.05, 3.63) is 40.8 Å². The van der Waals surface area contributed by atoms with Gasteiger partial charge in [-0.05, 0) is 18.6 Å². The Labute approximate surface area is 103 Å². The molecule has 18 heavy (non-hydrogen) atoms.